The summed E-state index contributed by atoms with van der Waals surface area (Å²) in [5.41, 5.74) is 0. The minimum atomic E-state index is -0.466. The summed E-state index contributed by atoms with van der Waals surface area (Å²) >= 11 is 5.54. The first-order valence-electron chi connectivity index (χ1n) is 5.97. The second kappa shape index (κ2) is 5.72. The zero-order chi connectivity index (χ0) is 12.3. The molecule has 0 unspecified atom stereocenters. The van der Waals surface area contributed by atoms with Crippen LogP contribution < -0.4 is 0 Å². The van der Waals surface area contributed by atoms with Crippen LogP contribution in [0.4, 0.5) is 0 Å². The van der Waals surface area contributed by atoms with Gasteiger partial charge in [-0.15, -0.1) is 0 Å². The van der Waals surface area contributed by atoms with Crippen LogP contribution in [0.3, 0.4) is 0 Å². The molecular formula is C13H21ClO2. The summed E-state index contributed by atoms with van der Waals surface area (Å²) in [5, 5.41) is -0.0271. The molecule has 1 rings (SSSR count). The van der Waals surface area contributed by atoms with Crippen LogP contribution in [-0.2, 0) is 9.53 Å². The van der Waals surface area contributed by atoms with E-state index in [0.717, 1.165) is 12.8 Å². The lowest BCUT2D eigenvalue weighted by molar-refractivity contribution is -0.150. The number of hydrogen-bond donors (Lipinski definition) is 0. The van der Waals surface area contributed by atoms with Crippen molar-refractivity contribution in [3.8, 4) is 0 Å². The summed E-state index contributed by atoms with van der Waals surface area (Å²) < 4.78 is 5.43. The monoisotopic (exact) mass is 244 g/mol. The maximum absolute atomic E-state index is 11.4. The summed E-state index contributed by atoms with van der Waals surface area (Å²) in [6.45, 7) is 9.96. The molecule has 0 saturated heterocycles. The largest absolute Gasteiger partial charge is 0.458 e. The van der Waals surface area contributed by atoms with Crippen LogP contribution >= 0.6 is 11.6 Å². The number of carbonyl (C=O) groups is 1. The van der Waals surface area contributed by atoms with Crippen molar-refractivity contribution in [3.05, 3.63) is 11.6 Å². The van der Waals surface area contributed by atoms with Gasteiger partial charge in [-0.05, 0) is 30.6 Å². The fourth-order valence-electron chi connectivity index (χ4n) is 2.45. The van der Waals surface area contributed by atoms with E-state index in [2.05, 4.69) is 27.4 Å². The number of esters is 1. The van der Waals surface area contributed by atoms with Crippen molar-refractivity contribution in [1.82, 2.24) is 0 Å². The lowest BCUT2D eigenvalue weighted by Crippen LogP contribution is -2.35. The molecular weight excluding hydrogens is 224 g/mol. The Morgan fingerprint density at radius 3 is 2.56 bits per heavy atom. The maximum atomic E-state index is 11.4. The average molecular weight is 245 g/mol. The molecule has 1 saturated carbocycles. The minimum Gasteiger partial charge on any atom is -0.458 e. The Kier molecular flexibility index (Phi) is 4.85. The number of rotatable bonds is 3. The quantitative estimate of drug-likeness (QED) is 0.558. The lowest BCUT2D eigenvalue weighted by atomic mass is 9.75. The van der Waals surface area contributed by atoms with Crippen LogP contribution in [0.2, 0.25) is 0 Å². The molecule has 0 amide bonds. The van der Waals surface area contributed by atoms with E-state index in [1.165, 1.54) is 6.42 Å². The van der Waals surface area contributed by atoms with E-state index in [-0.39, 0.29) is 11.1 Å². The van der Waals surface area contributed by atoms with Crippen LogP contribution in [0.5, 0.6) is 0 Å². The highest BCUT2D eigenvalue weighted by molar-refractivity contribution is 6.40. The smallest absolute Gasteiger partial charge is 0.349 e. The number of carbonyl (C=O) groups excluding carboxylic acids is 1. The molecule has 3 heteroatoms. The molecule has 0 N–H and O–H groups in total. The highest BCUT2D eigenvalue weighted by Crippen LogP contribution is 2.35. The van der Waals surface area contributed by atoms with E-state index < -0.39 is 5.97 Å². The van der Waals surface area contributed by atoms with Crippen LogP contribution in [0, 0.1) is 17.8 Å². The third-order valence-electron chi connectivity index (χ3n) is 3.44. The van der Waals surface area contributed by atoms with Gasteiger partial charge >= 0.3 is 5.97 Å². The maximum Gasteiger partial charge on any atom is 0.349 e. The Hall–Kier alpha value is -0.500. The Morgan fingerprint density at radius 1 is 1.44 bits per heavy atom. The third kappa shape index (κ3) is 3.51. The Morgan fingerprint density at radius 2 is 2.06 bits per heavy atom. The van der Waals surface area contributed by atoms with E-state index >= 15 is 0 Å². The molecule has 0 bridgehead atoms. The number of ether oxygens (including phenoxy) is 1. The molecule has 0 aromatic carbocycles. The molecule has 1 aliphatic carbocycles. The second-order valence-electron chi connectivity index (χ2n) is 5.17. The van der Waals surface area contributed by atoms with Gasteiger partial charge in [0.25, 0.3) is 0 Å². The van der Waals surface area contributed by atoms with Crippen LogP contribution in [0.1, 0.15) is 40.0 Å². The van der Waals surface area contributed by atoms with Crippen molar-refractivity contribution in [2.45, 2.75) is 46.1 Å². The van der Waals surface area contributed by atoms with Gasteiger partial charge in [0, 0.05) is 0 Å². The topological polar surface area (TPSA) is 26.3 Å². The second-order valence-corrected chi connectivity index (χ2v) is 5.63. The van der Waals surface area contributed by atoms with Gasteiger partial charge in [-0.3, -0.25) is 0 Å². The molecule has 0 radical (unpaired) electrons. The summed E-state index contributed by atoms with van der Waals surface area (Å²) in [6.07, 6.45) is 3.30. The fraction of sp³-hybridized carbons (Fsp3) is 0.769. The van der Waals surface area contributed by atoms with Crippen molar-refractivity contribution in [3.63, 3.8) is 0 Å². The van der Waals surface area contributed by atoms with Gasteiger partial charge in [0.2, 0.25) is 0 Å². The zero-order valence-electron chi connectivity index (χ0n) is 10.3. The Labute approximate surface area is 103 Å². The lowest BCUT2D eigenvalue weighted by Gasteiger charge is -2.36. The minimum absolute atomic E-state index is 0.00625. The third-order valence-corrected chi connectivity index (χ3v) is 3.60. The summed E-state index contributed by atoms with van der Waals surface area (Å²) in [7, 11) is 0. The van der Waals surface area contributed by atoms with Crippen molar-refractivity contribution in [1.29, 1.82) is 0 Å². The van der Waals surface area contributed by atoms with E-state index in [4.69, 9.17) is 16.3 Å². The first-order valence-corrected chi connectivity index (χ1v) is 6.35. The molecule has 0 aliphatic heterocycles. The molecule has 0 aromatic rings. The normalized spacial score (nSPS) is 30.2. The van der Waals surface area contributed by atoms with Crippen LogP contribution in [0.25, 0.3) is 0 Å². The fourth-order valence-corrected chi connectivity index (χ4v) is 2.50. The molecule has 1 fully saturated rings. The molecule has 0 heterocycles. The van der Waals surface area contributed by atoms with Gasteiger partial charge in [-0.2, -0.15) is 0 Å². The summed E-state index contributed by atoms with van der Waals surface area (Å²) in [5.74, 6) is 1.15. The predicted molar refractivity (Wildman–Crippen MR) is 66.2 cm³/mol. The van der Waals surface area contributed by atoms with Crippen LogP contribution in [-0.4, -0.2) is 12.1 Å². The standard InChI is InChI=1S/C13H21ClO2/c1-8(2)11-6-5-9(3)7-12(11)16-13(15)10(4)14/h8-9,11-12H,4-7H2,1-3H3/t9-,11+,12-/m1/s1. The van der Waals surface area contributed by atoms with Crippen molar-refractivity contribution in [2.24, 2.45) is 17.8 Å². The van der Waals surface area contributed by atoms with Gasteiger partial charge in [0.1, 0.15) is 11.1 Å². The zero-order valence-corrected chi connectivity index (χ0v) is 11.1. The van der Waals surface area contributed by atoms with Gasteiger partial charge < -0.3 is 4.74 Å². The summed E-state index contributed by atoms with van der Waals surface area (Å²) in [6, 6.07) is 0. The van der Waals surface area contributed by atoms with Crippen molar-refractivity contribution >= 4 is 17.6 Å². The number of hydrogen-bond acceptors (Lipinski definition) is 2. The molecule has 2 nitrogen and oxygen atoms in total. The molecule has 0 aromatic heterocycles. The molecule has 0 spiro atoms. The average Bonchev–Trinajstić information content (AvgIpc) is 2.16. The SMILES string of the molecule is C=C(Cl)C(=O)O[C@@H]1C[C@H](C)CC[C@H]1C(C)C. The van der Waals surface area contributed by atoms with Crippen molar-refractivity contribution in [2.75, 3.05) is 0 Å². The molecule has 16 heavy (non-hydrogen) atoms. The number of halogens is 1. The van der Waals surface area contributed by atoms with Gasteiger partial charge in [-0.1, -0.05) is 45.4 Å². The van der Waals surface area contributed by atoms with Crippen molar-refractivity contribution < 1.29 is 9.53 Å². The highest BCUT2D eigenvalue weighted by Gasteiger charge is 2.33. The summed E-state index contributed by atoms with van der Waals surface area (Å²) in [4.78, 5) is 11.4. The van der Waals surface area contributed by atoms with E-state index in [1.807, 2.05) is 0 Å². The predicted octanol–water partition coefficient (Wildman–Crippen LogP) is 3.74. The van der Waals surface area contributed by atoms with E-state index in [1.54, 1.807) is 0 Å². The Bertz CT molecular complexity index is 273. The molecule has 92 valence electrons. The highest BCUT2D eigenvalue weighted by atomic mass is 35.5. The Balaban J connectivity index is 2.64. The first-order chi connectivity index (χ1) is 7.41. The van der Waals surface area contributed by atoms with Gasteiger partial charge in [-0.25, -0.2) is 4.79 Å². The van der Waals surface area contributed by atoms with Crippen LogP contribution in [0.15, 0.2) is 11.6 Å². The van der Waals surface area contributed by atoms with Gasteiger partial charge in [0.15, 0.2) is 0 Å². The molecule has 3 atom stereocenters. The first kappa shape index (κ1) is 13.6. The van der Waals surface area contributed by atoms with E-state index in [9.17, 15) is 4.79 Å². The van der Waals surface area contributed by atoms with Gasteiger partial charge in [0.05, 0.1) is 0 Å². The van der Waals surface area contributed by atoms with E-state index in [0.29, 0.717) is 17.8 Å². The molecule has 1 aliphatic rings.